The highest BCUT2D eigenvalue weighted by molar-refractivity contribution is 6.30. The standard InChI is InChI=1S/C68H44/c1-67(2)59-27-7-5-19-45(59)65-43(25-13-29-61(65)67)51-35-57-56-34-50-42-24-12-18-38-16-10-22-40(64(38)42)48(50)32-54(56)52(44-26-14-30-62-66(44)46-20-6-8-28-60(46)68(62,3)4)36-58(57)55-33-49-41-23-11-17-37-15-9-21-39(63(37)41)47(49)31-53(51)55/h5-36H,1-4H3. The fraction of sp³-hybridized carbons (Fsp3) is 0.0882. The molecule has 0 spiro atoms. The lowest BCUT2D eigenvalue weighted by atomic mass is 9.80. The summed E-state index contributed by atoms with van der Waals surface area (Å²) in [6.07, 6.45) is 0. The van der Waals surface area contributed by atoms with Gasteiger partial charge in [-0.3, -0.25) is 0 Å². The molecule has 0 heteroatoms. The monoisotopic (exact) mass is 860 g/mol. The summed E-state index contributed by atoms with van der Waals surface area (Å²) in [6, 6.07) is 75.2. The van der Waals surface area contributed by atoms with Crippen molar-refractivity contribution in [2.45, 2.75) is 38.5 Å². The van der Waals surface area contributed by atoms with Crippen molar-refractivity contribution in [3.8, 4) is 89.0 Å². The lowest BCUT2D eigenvalue weighted by Crippen LogP contribution is -2.14. The van der Waals surface area contributed by atoms with Crippen molar-refractivity contribution in [3.05, 3.63) is 216 Å². The molecule has 0 radical (unpaired) electrons. The van der Waals surface area contributed by atoms with Gasteiger partial charge in [-0.15, -0.1) is 0 Å². The van der Waals surface area contributed by atoms with E-state index in [0.717, 1.165) is 0 Å². The highest BCUT2D eigenvalue weighted by atomic mass is 14.4. The zero-order chi connectivity index (χ0) is 44.9. The predicted molar refractivity (Wildman–Crippen MR) is 289 cm³/mol. The molecule has 0 unspecified atom stereocenters. The maximum absolute atomic E-state index is 2.59. The summed E-state index contributed by atoms with van der Waals surface area (Å²) in [5, 5.41) is 13.1. The molecule has 0 amide bonds. The Kier molecular flexibility index (Phi) is 6.80. The topological polar surface area (TPSA) is 0 Å². The van der Waals surface area contributed by atoms with Crippen molar-refractivity contribution < 1.29 is 0 Å². The van der Waals surface area contributed by atoms with E-state index in [0.29, 0.717) is 0 Å². The molecule has 4 aliphatic carbocycles. The molecule has 0 atom stereocenters. The summed E-state index contributed by atoms with van der Waals surface area (Å²) in [5.41, 5.74) is 26.6. The molecule has 68 heavy (non-hydrogen) atoms. The molecule has 4 aliphatic rings. The molecular formula is C68H44. The SMILES string of the molecule is CC1(C)c2ccccc2-c2c(-c3cc4c5cc6c(cc5c(-c5cccc7c5-c5ccccc5C7(C)C)cc4c4cc5c(cc34)-c3cccc4cccc-5c34)-c3cccc4cccc-6c34)cccc21. The van der Waals surface area contributed by atoms with Crippen molar-refractivity contribution in [1.82, 2.24) is 0 Å². The van der Waals surface area contributed by atoms with E-state index in [2.05, 4.69) is 222 Å². The molecule has 0 heterocycles. The van der Waals surface area contributed by atoms with Crippen LogP contribution in [0.3, 0.4) is 0 Å². The van der Waals surface area contributed by atoms with Crippen LogP contribution in [0, 0.1) is 0 Å². The summed E-state index contributed by atoms with van der Waals surface area (Å²) in [7, 11) is 0. The first-order valence-corrected chi connectivity index (χ1v) is 24.3. The lowest BCUT2D eigenvalue weighted by Gasteiger charge is -2.23. The van der Waals surface area contributed by atoms with Crippen LogP contribution in [0.4, 0.5) is 0 Å². The molecule has 0 saturated carbocycles. The highest BCUT2D eigenvalue weighted by Gasteiger charge is 2.39. The molecule has 0 N–H and O–H groups in total. The van der Waals surface area contributed by atoms with Crippen LogP contribution < -0.4 is 0 Å². The average molecular weight is 861 g/mol. The average Bonchev–Trinajstić information content (AvgIpc) is 4.02. The van der Waals surface area contributed by atoms with Crippen LogP contribution in [0.5, 0.6) is 0 Å². The fourth-order valence-electron chi connectivity index (χ4n) is 14.0. The summed E-state index contributed by atoms with van der Waals surface area (Å²) < 4.78 is 0. The number of hydrogen-bond acceptors (Lipinski definition) is 0. The van der Waals surface area contributed by atoms with E-state index < -0.39 is 0 Å². The van der Waals surface area contributed by atoms with Gasteiger partial charge in [0.15, 0.2) is 0 Å². The normalized spacial score (nSPS) is 14.7. The van der Waals surface area contributed by atoms with Gasteiger partial charge in [0.2, 0.25) is 0 Å². The van der Waals surface area contributed by atoms with E-state index in [9.17, 15) is 0 Å². The largest absolute Gasteiger partial charge is 0.0619 e. The molecule has 0 bridgehead atoms. The van der Waals surface area contributed by atoms with E-state index in [1.54, 1.807) is 0 Å². The number of rotatable bonds is 2. The Balaban J connectivity index is 1.10. The van der Waals surface area contributed by atoms with E-state index in [1.807, 2.05) is 0 Å². The van der Waals surface area contributed by atoms with Gasteiger partial charge in [0, 0.05) is 10.8 Å². The summed E-state index contributed by atoms with van der Waals surface area (Å²) in [4.78, 5) is 0. The zero-order valence-corrected chi connectivity index (χ0v) is 38.5. The first-order valence-electron chi connectivity index (χ1n) is 24.3. The second kappa shape index (κ2) is 12.5. The van der Waals surface area contributed by atoms with Crippen molar-refractivity contribution in [2.24, 2.45) is 0 Å². The Bertz CT molecular complexity index is 4070. The molecule has 12 aromatic rings. The Labute approximate surface area is 395 Å². The van der Waals surface area contributed by atoms with Gasteiger partial charge in [-0.05, 0) is 202 Å². The minimum Gasteiger partial charge on any atom is -0.0619 e. The Hall–Kier alpha value is -8.06. The fourth-order valence-corrected chi connectivity index (χ4v) is 14.0. The van der Waals surface area contributed by atoms with Gasteiger partial charge in [-0.1, -0.05) is 185 Å². The van der Waals surface area contributed by atoms with Crippen molar-refractivity contribution in [3.63, 3.8) is 0 Å². The molecule has 0 aliphatic heterocycles. The van der Waals surface area contributed by atoms with Gasteiger partial charge < -0.3 is 0 Å². The third kappa shape index (κ3) is 4.43. The zero-order valence-electron chi connectivity index (χ0n) is 38.5. The van der Waals surface area contributed by atoms with Crippen molar-refractivity contribution in [1.29, 1.82) is 0 Å². The molecular weight excluding hydrogens is 817 g/mol. The first kappa shape index (κ1) is 37.1. The van der Waals surface area contributed by atoms with Crippen LogP contribution in [0.25, 0.3) is 143 Å². The summed E-state index contributed by atoms with van der Waals surface area (Å²) in [6.45, 7) is 9.61. The molecule has 316 valence electrons. The van der Waals surface area contributed by atoms with Crippen LogP contribution >= 0.6 is 0 Å². The third-order valence-electron chi connectivity index (χ3n) is 17.1. The van der Waals surface area contributed by atoms with Crippen LogP contribution in [0.15, 0.2) is 194 Å². The summed E-state index contributed by atoms with van der Waals surface area (Å²) >= 11 is 0. The second-order valence-electron chi connectivity index (χ2n) is 21.0. The van der Waals surface area contributed by atoms with Crippen LogP contribution in [0.2, 0.25) is 0 Å². The highest BCUT2D eigenvalue weighted by Crippen LogP contribution is 2.59. The van der Waals surface area contributed by atoms with E-state index >= 15 is 0 Å². The lowest BCUT2D eigenvalue weighted by molar-refractivity contribution is 0.660. The Morgan fingerprint density at radius 2 is 0.500 bits per heavy atom. The third-order valence-corrected chi connectivity index (χ3v) is 17.1. The minimum absolute atomic E-state index is 0.117. The molecule has 0 saturated heterocycles. The van der Waals surface area contributed by atoms with Gasteiger partial charge in [0.05, 0.1) is 0 Å². The van der Waals surface area contributed by atoms with Gasteiger partial charge in [-0.25, -0.2) is 0 Å². The van der Waals surface area contributed by atoms with Crippen molar-refractivity contribution in [2.75, 3.05) is 0 Å². The minimum atomic E-state index is -0.117. The molecule has 0 aromatic heterocycles. The van der Waals surface area contributed by atoms with Gasteiger partial charge in [0.25, 0.3) is 0 Å². The second-order valence-corrected chi connectivity index (χ2v) is 21.0. The maximum atomic E-state index is 2.59. The predicted octanol–water partition coefficient (Wildman–Crippen LogP) is 18.7. The molecule has 0 nitrogen and oxygen atoms in total. The quantitative estimate of drug-likeness (QED) is 0.152. The van der Waals surface area contributed by atoms with Gasteiger partial charge in [-0.2, -0.15) is 0 Å². The summed E-state index contributed by atoms with van der Waals surface area (Å²) in [5.74, 6) is 0. The van der Waals surface area contributed by atoms with Crippen LogP contribution in [0.1, 0.15) is 49.9 Å². The van der Waals surface area contributed by atoms with Gasteiger partial charge in [0.1, 0.15) is 0 Å². The first-order chi connectivity index (χ1) is 33.3. The number of fused-ring (bicyclic) bond motifs is 17. The van der Waals surface area contributed by atoms with Crippen molar-refractivity contribution >= 4 is 53.9 Å². The van der Waals surface area contributed by atoms with Crippen LogP contribution in [-0.4, -0.2) is 0 Å². The molecule has 16 rings (SSSR count). The maximum Gasteiger partial charge on any atom is 0.0159 e. The van der Waals surface area contributed by atoms with E-state index in [-0.39, 0.29) is 10.8 Å². The Morgan fingerprint density at radius 1 is 0.221 bits per heavy atom. The Morgan fingerprint density at radius 3 is 0.897 bits per heavy atom. The van der Waals surface area contributed by atoms with Crippen LogP contribution in [-0.2, 0) is 10.8 Å². The smallest absolute Gasteiger partial charge is 0.0159 e. The molecule has 0 fully saturated rings. The van der Waals surface area contributed by atoms with E-state index in [1.165, 1.54) is 165 Å². The van der Waals surface area contributed by atoms with E-state index in [4.69, 9.17) is 0 Å². The number of hydrogen-bond donors (Lipinski definition) is 0. The van der Waals surface area contributed by atoms with Gasteiger partial charge >= 0.3 is 0 Å². The molecule has 12 aromatic carbocycles. The number of benzene rings is 12.